The molecule has 0 aromatic heterocycles. The van der Waals surface area contributed by atoms with Crippen LogP contribution in [-0.4, -0.2) is 47.1 Å². The first-order valence-corrected chi connectivity index (χ1v) is 6.50. The Labute approximate surface area is 109 Å². The van der Waals surface area contributed by atoms with Gasteiger partial charge in [-0.25, -0.2) is 0 Å². The number of rotatable bonds is 9. The van der Waals surface area contributed by atoms with Gasteiger partial charge in [0.1, 0.15) is 5.54 Å². The summed E-state index contributed by atoms with van der Waals surface area (Å²) in [7, 11) is 0. The maximum Gasteiger partial charge on any atom is 0.324 e. The van der Waals surface area contributed by atoms with Crippen LogP contribution in [0.2, 0.25) is 0 Å². The minimum absolute atomic E-state index is 0.0738. The lowest BCUT2D eigenvalue weighted by Gasteiger charge is -2.39. The summed E-state index contributed by atoms with van der Waals surface area (Å²) in [6.07, 6.45) is 1.81. The number of hydrogen-bond acceptors (Lipinski definition) is 3. The first-order chi connectivity index (χ1) is 8.44. The third-order valence-electron chi connectivity index (χ3n) is 3.43. The number of carbonyl (C=O) groups is 1. The number of carboxylic acids is 1. The Kier molecular flexibility index (Phi) is 7.35. The summed E-state index contributed by atoms with van der Waals surface area (Å²) in [6, 6.07) is 0. The maximum absolute atomic E-state index is 11.6. The summed E-state index contributed by atoms with van der Waals surface area (Å²) in [5.41, 5.74) is 4.39. The molecular weight excluding hydrogens is 232 g/mol. The van der Waals surface area contributed by atoms with Crippen molar-refractivity contribution in [1.82, 2.24) is 10.2 Å². The number of guanidine groups is 1. The number of aliphatic carboxylic acids is 1. The van der Waals surface area contributed by atoms with E-state index in [0.717, 1.165) is 13.1 Å². The fraction of sp³-hybridized carbons (Fsp3) is 0.833. The van der Waals surface area contributed by atoms with Crippen molar-refractivity contribution in [3.8, 4) is 0 Å². The van der Waals surface area contributed by atoms with Crippen LogP contribution >= 0.6 is 0 Å². The summed E-state index contributed by atoms with van der Waals surface area (Å²) >= 11 is 0. The molecule has 0 bridgehead atoms. The Morgan fingerprint density at radius 1 is 1.39 bits per heavy atom. The Morgan fingerprint density at radius 3 is 2.28 bits per heavy atom. The normalized spacial score (nSPS) is 14.2. The highest BCUT2D eigenvalue weighted by molar-refractivity contribution is 5.78. The van der Waals surface area contributed by atoms with Crippen LogP contribution in [0.25, 0.3) is 0 Å². The van der Waals surface area contributed by atoms with Crippen LogP contribution in [0.5, 0.6) is 0 Å². The SMILES string of the molecule is CCN(CC)[C@@](CC)(CCCNC(=N)N)C(=O)O. The molecule has 0 heterocycles. The van der Waals surface area contributed by atoms with E-state index in [1.165, 1.54) is 0 Å². The standard InChI is InChI=1S/C12H26N4O2/c1-4-12(10(17)18,16(5-2)6-3)8-7-9-15-11(13)14/h4-9H2,1-3H3,(H,17,18)(H4,13,14,15)/t12-/m0/s1. The average Bonchev–Trinajstić information content (AvgIpc) is 2.32. The van der Waals surface area contributed by atoms with E-state index in [2.05, 4.69) is 5.32 Å². The summed E-state index contributed by atoms with van der Waals surface area (Å²) in [4.78, 5) is 13.6. The maximum atomic E-state index is 11.6. The number of nitrogens with two attached hydrogens (primary N) is 1. The molecule has 106 valence electrons. The van der Waals surface area contributed by atoms with Crippen LogP contribution < -0.4 is 11.1 Å². The Morgan fingerprint density at radius 2 is 1.94 bits per heavy atom. The van der Waals surface area contributed by atoms with E-state index < -0.39 is 11.5 Å². The number of hydrogen-bond donors (Lipinski definition) is 4. The Balaban J connectivity index is 4.66. The molecule has 6 heteroatoms. The summed E-state index contributed by atoms with van der Waals surface area (Å²) in [6.45, 7) is 7.83. The minimum atomic E-state index is -0.804. The summed E-state index contributed by atoms with van der Waals surface area (Å²) in [5.74, 6) is -0.841. The van der Waals surface area contributed by atoms with E-state index in [4.69, 9.17) is 11.1 Å². The Hall–Kier alpha value is -1.30. The fourth-order valence-electron chi connectivity index (χ4n) is 2.38. The van der Waals surface area contributed by atoms with Crippen molar-refractivity contribution in [2.24, 2.45) is 5.73 Å². The largest absolute Gasteiger partial charge is 0.480 e. The van der Waals surface area contributed by atoms with Crippen molar-refractivity contribution in [1.29, 1.82) is 5.41 Å². The van der Waals surface area contributed by atoms with Gasteiger partial charge in [-0.3, -0.25) is 15.1 Å². The number of carboxylic acid groups (broad SMARTS) is 1. The molecule has 0 saturated carbocycles. The van der Waals surface area contributed by atoms with E-state index >= 15 is 0 Å². The highest BCUT2D eigenvalue weighted by Gasteiger charge is 2.40. The van der Waals surface area contributed by atoms with Crippen LogP contribution in [0.15, 0.2) is 0 Å². The second kappa shape index (κ2) is 7.92. The van der Waals surface area contributed by atoms with Gasteiger partial charge in [-0.05, 0) is 32.4 Å². The van der Waals surface area contributed by atoms with Gasteiger partial charge in [0.05, 0.1) is 0 Å². The highest BCUT2D eigenvalue weighted by Crippen LogP contribution is 2.25. The molecule has 0 spiro atoms. The first kappa shape index (κ1) is 16.7. The van der Waals surface area contributed by atoms with Crippen LogP contribution in [0.1, 0.15) is 40.0 Å². The lowest BCUT2D eigenvalue weighted by molar-refractivity contribution is -0.152. The predicted octanol–water partition coefficient (Wildman–Crippen LogP) is 0.825. The number of nitrogens with one attached hydrogen (secondary N) is 2. The molecule has 0 radical (unpaired) electrons. The van der Waals surface area contributed by atoms with Crippen LogP contribution in [0.4, 0.5) is 0 Å². The summed E-state index contributed by atoms with van der Waals surface area (Å²) in [5, 5.41) is 19.3. The van der Waals surface area contributed by atoms with Gasteiger partial charge in [-0.15, -0.1) is 0 Å². The topological polar surface area (TPSA) is 102 Å². The highest BCUT2D eigenvalue weighted by atomic mass is 16.4. The van der Waals surface area contributed by atoms with E-state index in [0.29, 0.717) is 25.8 Å². The monoisotopic (exact) mass is 258 g/mol. The zero-order valence-electron chi connectivity index (χ0n) is 11.6. The molecule has 0 aromatic rings. The molecule has 0 rings (SSSR count). The van der Waals surface area contributed by atoms with Crippen molar-refractivity contribution >= 4 is 11.9 Å². The van der Waals surface area contributed by atoms with Crippen LogP contribution in [0, 0.1) is 5.41 Å². The number of likely N-dealkylation sites (N-methyl/N-ethyl adjacent to an activating group) is 1. The van der Waals surface area contributed by atoms with E-state index in [1.54, 1.807) is 0 Å². The van der Waals surface area contributed by atoms with Gasteiger partial charge in [0.15, 0.2) is 5.96 Å². The summed E-state index contributed by atoms with van der Waals surface area (Å²) < 4.78 is 0. The average molecular weight is 258 g/mol. The molecular formula is C12H26N4O2. The quantitative estimate of drug-likeness (QED) is 0.279. The van der Waals surface area contributed by atoms with Gasteiger partial charge in [0, 0.05) is 6.54 Å². The van der Waals surface area contributed by atoms with Gasteiger partial charge in [-0.2, -0.15) is 0 Å². The Bertz CT molecular complexity index is 279. The smallest absolute Gasteiger partial charge is 0.324 e. The van der Waals surface area contributed by atoms with Crippen molar-refractivity contribution < 1.29 is 9.90 Å². The lowest BCUT2D eigenvalue weighted by atomic mass is 9.88. The molecule has 1 atom stereocenters. The molecule has 0 aromatic carbocycles. The third-order valence-corrected chi connectivity index (χ3v) is 3.43. The minimum Gasteiger partial charge on any atom is -0.480 e. The molecule has 18 heavy (non-hydrogen) atoms. The van der Waals surface area contributed by atoms with Crippen molar-refractivity contribution in [3.63, 3.8) is 0 Å². The van der Waals surface area contributed by atoms with Crippen LogP contribution in [0.3, 0.4) is 0 Å². The zero-order chi connectivity index (χ0) is 14.2. The van der Waals surface area contributed by atoms with E-state index in [-0.39, 0.29) is 5.96 Å². The molecule has 0 aliphatic heterocycles. The predicted molar refractivity (Wildman–Crippen MR) is 72.7 cm³/mol. The molecule has 0 fully saturated rings. The molecule has 6 nitrogen and oxygen atoms in total. The lowest BCUT2D eigenvalue weighted by Crippen LogP contribution is -2.54. The van der Waals surface area contributed by atoms with Crippen molar-refractivity contribution in [2.45, 2.75) is 45.6 Å². The molecule has 5 N–H and O–H groups in total. The van der Waals surface area contributed by atoms with E-state index in [1.807, 2.05) is 25.7 Å². The van der Waals surface area contributed by atoms with Gasteiger partial charge in [-0.1, -0.05) is 20.8 Å². The molecule has 0 aliphatic rings. The molecule has 0 amide bonds. The van der Waals surface area contributed by atoms with E-state index in [9.17, 15) is 9.90 Å². The van der Waals surface area contributed by atoms with Crippen LogP contribution in [-0.2, 0) is 4.79 Å². The second-order valence-corrected chi connectivity index (χ2v) is 4.31. The number of nitrogens with zero attached hydrogens (tertiary/aromatic N) is 1. The van der Waals surface area contributed by atoms with Gasteiger partial charge in [0.2, 0.25) is 0 Å². The molecule has 0 saturated heterocycles. The second-order valence-electron chi connectivity index (χ2n) is 4.31. The van der Waals surface area contributed by atoms with Gasteiger partial charge < -0.3 is 16.2 Å². The van der Waals surface area contributed by atoms with Crippen molar-refractivity contribution in [2.75, 3.05) is 19.6 Å². The third kappa shape index (κ3) is 4.18. The molecule has 0 aliphatic carbocycles. The molecule has 0 unspecified atom stereocenters. The zero-order valence-corrected chi connectivity index (χ0v) is 11.6. The van der Waals surface area contributed by atoms with Gasteiger partial charge >= 0.3 is 5.97 Å². The first-order valence-electron chi connectivity index (χ1n) is 6.50. The van der Waals surface area contributed by atoms with Crippen molar-refractivity contribution in [3.05, 3.63) is 0 Å². The van der Waals surface area contributed by atoms with Gasteiger partial charge in [0.25, 0.3) is 0 Å². The fourth-order valence-corrected chi connectivity index (χ4v) is 2.38.